The summed E-state index contributed by atoms with van der Waals surface area (Å²) in [6, 6.07) is 13.4. The number of amides is 2. The maximum Gasteiger partial charge on any atom is 0.309 e. The van der Waals surface area contributed by atoms with E-state index < -0.39 is 11.8 Å². The molecule has 2 aromatic rings. The summed E-state index contributed by atoms with van der Waals surface area (Å²) in [4.78, 5) is 23.8. The van der Waals surface area contributed by atoms with Gasteiger partial charge in [-0.1, -0.05) is 36.4 Å². The van der Waals surface area contributed by atoms with Crippen LogP contribution in [-0.2, 0) is 20.9 Å². The van der Waals surface area contributed by atoms with Gasteiger partial charge in [0.15, 0.2) is 0 Å². The zero-order valence-electron chi connectivity index (χ0n) is 14.2. The number of halogens is 1. The molecule has 2 aromatic carbocycles. The van der Waals surface area contributed by atoms with Gasteiger partial charge in [0.1, 0.15) is 5.82 Å². The molecule has 2 N–H and O–H groups in total. The van der Waals surface area contributed by atoms with Crippen molar-refractivity contribution in [3.8, 4) is 0 Å². The minimum absolute atomic E-state index is 0.151. The quantitative estimate of drug-likeness (QED) is 0.790. The standard InChI is InChI=1S/C19H21FN2O3/c1-13-5-3-4-6-16(13)17(25-2)12-22-19(24)18(23)21-11-14-7-9-15(20)10-8-14/h3-10,17H,11-12H2,1-2H3,(H,21,23)(H,22,24). The Bertz CT molecular complexity index is 732. The number of methoxy groups -OCH3 is 1. The van der Waals surface area contributed by atoms with Crippen LogP contribution < -0.4 is 10.6 Å². The van der Waals surface area contributed by atoms with Crippen molar-refractivity contribution >= 4 is 11.8 Å². The fraction of sp³-hybridized carbons (Fsp3) is 0.263. The second-order valence-electron chi connectivity index (χ2n) is 5.60. The number of carbonyl (C=O) groups excluding carboxylic acids is 2. The summed E-state index contributed by atoms with van der Waals surface area (Å²) in [5, 5.41) is 5.07. The maximum absolute atomic E-state index is 12.8. The van der Waals surface area contributed by atoms with E-state index in [4.69, 9.17) is 4.74 Å². The number of carbonyl (C=O) groups is 2. The lowest BCUT2D eigenvalue weighted by Crippen LogP contribution is -2.41. The second kappa shape index (κ2) is 8.94. The lowest BCUT2D eigenvalue weighted by Gasteiger charge is -2.18. The lowest BCUT2D eigenvalue weighted by molar-refractivity contribution is -0.139. The normalized spacial score (nSPS) is 11.6. The van der Waals surface area contributed by atoms with E-state index in [1.807, 2.05) is 31.2 Å². The van der Waals surface area contributed by atoms with Gasteiger partial charge in [-0.05, 0) is 35.7 Å². The van der Waals surface area contributed by atoms with E-state index in [2.05, 4.69) is 10.6 Å². The smallest absolute Gasteiger partial charge is 0.309 e. The molecule has 0 saturated heterocycles. The molecule has 6 heteroatoms. The first kappa shape index (κ1) is 18.6. The molecule has 1 unspecified atom stereocenters. The van der Waals surface area contributed by atoms with Gasteiger partial charge >= 0.3 is 11.8 Å². The van der Waals surface area contributed by atoms with Crippen LogP contribution in [0.2, 0.25) is 0 Å². The molecule has 2 rings (SSSR count). The lowest BCUT2D eigenvalue weighted by atomic mass is 10.0. The molecular formula is C19H21FN2O3. The van der Waals surface area contributed by atoms with E-state index in [0.29, 0.717) is 5.56 Å². The molecule has 0 spiro atoms. The second-order valence-corrected chi connectivity index (χ2v) is 5.60. The molecule has 0 aliphatic carbocycles. The Balaban J connectivity index is 1.85. The highest BCUT2D eigenvalue weighted by Gasteiger charge is 2.17. The molecule has 2 amide bonds. The number of rotatable bonds is 6. The Morgan fingerprint density at radius 1 is 1.04 bits per heavy atom. The van der Waals surface area contributed by atoms with Crippen LogP contribution >= 0.6 is 0 Å². The van der Waals surface area contributed by atoms with Gasteiger partial charge in [0.05, 0.1) is 6.10 Å². The largest absolute Gasteiger partial charge is 0.375 e. The third-order valence-corrected chi connectivity index (χ3v) is 3.84. The first-order valence-corrected chi connectivity index (χ1v) is 7.90. The van der Waals surface area contributed by atoms with Crippen LogP contribution in [0.3, 0.4) is 0 Å². The number of nitrogens with one attached hydrogen (secondary N) is 2. The molecule has 5 nitrogen and oxygen atoms in total. The minimum atomic E-state index is -0.746. The number of hydrogen-bond acceptors (Lipinski definition) is 3. The summed E-state index contributed by atoms with van der Waals surface area (Å²) < 4.78 is 18.2. The van der Waals surface area contributed by atoms with Crippen molar-refractivity contribution in [2.75, 3.05) is 13.7 Å². The Hall–Kier alpha value is -2.73. The Kier molecular flexibility index (Phi) is 6.65. The van der Waals surface area contributed by atoms with Crippen LogP contribution in [-0.4, -0.2) is 25.5 Å². The highest BCUT2D eigenvalue weighted by molar-refractivity contribution is 6.35. The minimum Gasteiger partial charge on any atom is -0.375 e. The van der Waals surface area contributed by atoms with Gasteiger partial charge in [-0.3, -0.25) is 9.59 Å². The molecule has 132 valence electrons. The van der Waals surface area contributed by atoms with Crippen molar-refractivity contribution in [3.05, 3.63) is 71.0 Å². The average Bonchev–Trinajstić information content (AvgIpc) is 2.62. The predicted molar refractivity (Wildman–Crippen MR) is 92.2 cm³/mol. The number of aryl methyl sites for hydroxylation is 1. The summed E-state index contributed by atoms with van der Waals surface area (Å²) in [5.41, 5.74) is 2.71. The van der Waals surface area contributed by atoms with Crippen molar-refractivity contribution in [2.24, 2.45) is 0 Å². The Morgan fingerprint density at radius 2 is 1.68 bits per heavy atom. The van der Waals surface area contributed by atoms with Gasteiger partial charge in [-0.25, -0.2) is 4.39 Å². The van der Waals surface area contributed by atoms with Crippen molar-refractivity contribution in [1.29, 1.82) is 0 Å². The highest BCUT2D eigenvalue weighted by Crippen LogP contribution is 2.19. The summed E-state index contributed by atoms with van der Waals surface area (Å²) in [5.74, 6) is -1.84. The molecule has 25 heavy (non-hydrogen) atoms. The van der Waals surface area contributed by atoms with E-state index in [1.165, 1.54) is 12.1 Å². The van der Waals surface area contributed by atoms with Crippen LogP contribution in [0.5, 0.6) is 0 Å². The van der Waals surface area contributed by atoms with E-state index >= 15 is 0 Å². The summed E-state index contributed by atoms with van der Waals surface area (Å²) in [7, 11) is 1.55. The van der Waals surface area contributed by atoms with Crippen molar-refractivity contribution < 1.29 is 18.7 Å². The zero-order valence-corrected chi connectivity index (χ0v) is 14.2. The molecule has 0 radical (unpaired) electrons. The molecule has 0 aliphatic heterocycles. The number of ether oxygens (including phenoxy) is 1. The van der Waals surface area contributed by atoms with E-state index in [-0.39, 0.29) is 25.0 Å². The summed E-state index contributed by atoms with van der Waals surface area (Å²) >= 11 is 0. The topological polar surface area (TPSA) is 67.4 Å². The average molecular weight is 344 g/mol. The van der Waals surface area contributed by atoms with Gasteiger partial charge in [0, 0.05) is 20.2 Å². The first-order valence-electron chi connectivity index (χ1n) is 7.90. The maximum atomic E-state index is 12.8. The molecule has 1 atom stereocenters. The number of benzene rings is 2. The number of hydrogen-bond donors (Lipinski definition) is 2. The summed E-state index contributed by atoms with van der Waals surface area (Å²) in [6.45, 7) is 2.29. The van der Waals surface area contributed by atoms with Gasteiger partial charge in [-0.15, -0.1) is 0 Å². The molecule has 0 aromatic heterocycles. The van der Waals surface area contributed by atoms with Crippen molar-refractivity contribution in [1.82, 2.24) is 10.6 Å². The Morgan fingerprint density at radius 3 is 2.32 bits per heavy atom. The third-order valence-electron chi connectivity index (χ3n) is 3.84. The molecule has 0 saturated carbocycles. The van der Waals surface area contributed by atoms with Crippen LogP contribution in [0.25, 0.3) is 0 Å². The van der Waals surface area contributed by atoms with E-state index in [0.717, 1.165) is 11.1 Å². The van der Waals surface area contributed by atoms with Crippen molar-refractivity contribution in [2.45, 2.75) is 19.6 Å². The zero-order chi connectivity index (χ0) is 18.2. The van der Waals surface area contributed by atoms with E-state index in [1.54, 1.807) is 19.2 Å². The highest BCUT2D eigenvalue weighted by atomic mass is 19.1. The Labute approximate surface area is 146 Å². The molecule has 0 bridgehead atoms. The predicted octanol–water partition coefficient (Wildman–Crippen LogP) is 2.25. The SMILES string of the molecule is COC(CNC(=O)C(=O)NCc1ccc(F)cc1)c1ccccc1C. The van der Waals surface area contributed by atoms with Gasteiger partial charge < -0.3 is 15.4 Å². The van der Waals surface area contributed by atoms with Crippen LogP contribution in [0.15, 0.2) is 48.5 Å². The summed E-state index contributed by atoms with van der Waals surface area (Å²) in [6.07, 6.45) is -0.338. The fourth-order valence-electron chi connectivity index (χ4n) is 2.40. The van der Waals surface area contributed by atoms with Gasteiger partial charge in [-0.2, -0.15) is 0 Å². The van der Waals surface area contributed by atoms with E-state index in [9.17, 15) is 14.0 Å². The third kappa shape index (κ3) is 5.39. The van der Waals surface area contributed by atoms with Crippen LogP contribution in [0, 0.1) is 12.7 Å². The molecule has 0 fully saturated rings. The first-order chi connectivity index (χ1) is 12.0. The van der Waals surface area contributed by atoms with Crippen LogP contribution in [0.1, 0.15) is 22.8 Å². The molecular weight excluding hydrogens is 323 g/mol. The van der Waals surface area contributed by atoms with Crippen molar-refractivity contribution in [3.63, 3.8) is 0 Å². The van der Waals surface area contributed by atoms with Gasteiger partial charge in [0.25, 0.3) is 0 Å². The fourth-order valence-corrected chi connectivity index (χ4v) is 2.40. The molecule has 0 heterocycles. The molecule has 0 aliphatic rings. The monoisotopic (exact) mass is 344 g/mol. The van der Waals surface area contributed by atoms with Crippen LogP contribution in [0.4, 0.5) is 4.39 Å². The van der Waals surface area contributed by atoms with Gasteiger partial charge in [0.2, 0.25) is 0 Å².